The first-order chi connectivity index (χ1) is 7.14. The zero-order chi connectivity index (χ0) is 11.1. The van der Waals surface area contributed by atoms with E-state index in [2.05, 4.69) is 26.0 Å². The van der Waals surface area contributed by atoms with Gasteiger partial charge in [-0.05, 0) is 23.9 Å². The molecule has 3 heteroatoms. The van der Waals surface area contributed by atoms with E-state index in [-0.39, 0.29) is 17.8 Å². The minimum atomic E-state index is 0. The third kappa shape index (κ3) is 6.11. The van der Waals surface area contributed by atoms with Crippen LogP contribution < -0.4 is 5.73 Å². The Hall–Kier alpha value is -0.570. The molecule has 0 radical (unpaired) electrons. The molecule has 0 aliphatic carbocycles. The molecule has 0 aliphatic rings. The lowest BCUT2D eigenvalue weighted by Crippen LogP contribution is -2.25. The van der Waals surface area contributed by atoms with Gasteiger partial charge in [0.1, 0.15) is 0 Å². The molecular weight excluding hydrogens is 222 g/mol. The first-order valence-electron chi connectivity index (χ1n) is 5.46. The second-order valence-electron chi connectivity index (χ2n) is 4.66. The van der Waals surface area contributed by atoms with Gasteiger partial charge >= 0.3 is 0 Å². The summed E-state index contributed by atoms with van der Waals surface area (Å²) in [6.07, 6.45) is 1.01. The van der Waals surface area contributed by atoms with Gasteiger partial charge in [-0.15, -0.1) is 12.4 Å². The quantitative estimate of drug-likeness (QED) is 0.780. The normalized spacial score (nSPS) is 10.9. The molecule has 0 aromatic heterocycles. The van der Waals surface area contributed by atoms with Gasteiger partial charge in [-0.1, -0.05) is 44.2 Å². The molecule has 16 heavy (non-hydrogen) atoms. The van der Waals surface area contributed by atoms with E-state index in [0.717, 1.165) is 13.0 Å². The van der Waals surface area contributed by atoms with E-state index in [1.54, 1.807) is 0 Å². The van der Waals surface area contributed by atoms with Crippen LogP contribution in [0.15, 0.2) is 30.3 Å². The Morgan fingerprint density at radius 2 is 1.81 bits per heavy atom. The molecule has 92 valence electrons. The van der Waals surface area contributed by atoms with E-state index in [1.165, 1.54) is 5.56 Å². The van der Waals surface area contributed by atoms with E-state index in [4.69, 9.17) is 10.5 Å². The lowest BCUT2D eigenvalue weighted by molar-refractivity contribution is 0.0940. The van der Waals surface area contributed by atoms with Crippen LogP contribution in [0.25, 0.3) is 0 Å². The molecule has 0 atom stereocenters. The summed E-state index contributed by atoms with van der Waals surface area (Å²) in [5.74, 6) is 0. The summed E-state index contributed by atoms with van der Waals surface area (Å²) in [5.41, 5.74) is 7.06. The van der Waals surface area contributed by atoms with Gasteiger partial charge in [0, 0.05) is 6.61 Å². The van der Waals surface area contributed by atoms with Gasteiger partial charge in [0.2, 0.25) is 0 Å². The van der Waals surface area contributed by atoms with Gasteiger partial charge in [-0.2, -0.15) is 0 Å². The number of hydrogen-bond acceptors (Lipinski definition) is 2. The minimum Gasteiger partial charge on any atom is -0.377 e. The van der Waals surface area contributed by atoms with Gasteiger partial charge in [0.15, 0.2) is 0 Å². The fourth-order valence-corrected chi connectivity index (χ4v) is 1.21. The zero-order valence-corrected chi connectivity index (χ0v) is 10.9. The van der Waals surface area contributed by atoms with Crippen molar-refractivity contribution < 1.29 is 4.74 Å². The summed E-state index contributed by atoms with van der Waals surface area (Å²) in [4.78, 5) is 0. The van der Waals surface area contributed by atoms with Crippen molar-refractivity contribution in [3.8, 4) is 0 Å². The molecule has 0 heterocycles. The summed E-state index contributed by atoms with van der Waals surface area (Å²) in [6.45, 7) is 6.51. The largest absolute Gasteiger partial charge is 0.377 e. The van der Waals surface area contributed by atoms with Crippen molar-refractivity contribution in [1.29, 1.82) is 0 Å². The Kier molecular flexibility index (Phi) is 7.39. The van der Waals surface area contributed by atoms with Crippen molar-refractivity contribution >= 4 is 12.4 Å². The van der Waals surface area contributed by atoms with Crippen LogP contribution in [0.1, 0.15) is 25.8 Å². The fraction of sp³-hybridized carbons (Fsp3) is 0.538. The maximum absolute atomic E-state index is 5.64. The second-order valence-corrected chi connectivity index (χ2v) is 4.66. The van der Waals surface area contributed by atoms with E-state index in [9.17, 15) is 0 Å². The molecule has 0 saturated carbocycles. The molecule has 1 aromatic rings. The lowest BCUT2D eigenvalue weighted by Gasteiger charge is -2.21. The predicted molar refractivity (Wildman–Crippen MR) is 70.8 cm³/mol. The number of ether oxygens (including phenoxy) is 1. The van der Waals surface area contributed by atoms with Gasteiger partial charge in [-0.3, -0.25) is 0 Å². The van der Waals surface area contributed by atoms with Gasteiger partial charge in [0.25, 0.3) is 0 Å². The van der Waals surface area contributed by atoms with Crippen molar-refractivity contribution in [3.05, 3.63) is 35.9 Å². The van der Waals surface area contributed by atoms with Crippen molar-refractivity contribution in [2.75, 3.05) is 13.2 Å². The van der Waals surface area contributed by atoms with E-state index < -0.39 is 0 Å². The van der Waals surface area contributed by atoms with Crippen LogP contribution in [0.2, 0.25) is 0 Å². The maximum Gasteiger partial charge on any atom is 0.0716 e. The standard InChI is InChI=1S/C13H21NO.ClH/c1-13(2,11-14)8-9-15-10-12-6-4-3-5-7-12;/h3-7H,8-11,14H2,1-2H3;1H. The van der Waals surface area contributed by atoms with E-state index >= 15 is 0 Å². The molecule has 0 spiro atoms. The predicted octanol–water partition coefficient (Wildman–Crippen LogP) is 3.00. The Morgan fingerprint density at radius 1 is 1.19 bits per heavy atom. The number of hydrogen-bond donors (Lipinski definition) is 1. The van der Waals surface area contributed by atoms with Crippen LogP contribution in [0, 0.1) is 5.41 Å². The number of halogens is 1. The first kappa shape index (κ1) is 15.4. The summed E-state index contributed by atoms with van der Waals surface area (Å²) < 4.78 is 5.60. The summed E-state index contributed by atoms with van der Waals surface area (Å²) in [5, 5.41) is 0. The SMILES string of the molecule is CC(C)(CN)CCOCc1ccccc1.Cl. The Bertz CT molecular complexity index is 275. The van der Waals surface area contributed by atoms with Crippen molar-refractivity contribution in [2.45, 2.75) is 26.9 Å². The molecule has 2 nitrogen and oxygen atoms in total. The van der Waals surface area contributed by atoms with Crippen molar-refractivity contribution in [2.24, 2.45) is 11.1 Å². The van der Waals surface area contributed by atoms with Crippen LogP contribution >= 0.6 is 12.4 Å². The van der Waals surface area contributed by atoms with Crippen molar-refractivity contribution in [1.82, 2.24) is 0 Å². The summed E-state index contributed by atoms with van der Waals surface area (Å²) in [7, 11) is 0. The van der Waals surface area contributed by atoms with Crippen LogP contribution in [0.3, 0.4) is 0 Å². The zero-order valence-electron chi connectivity index (χ0n) is 10.1. The van der Waals surface area contributed by atoms with E-state index in [1.807, 2.05) is 18.2 Å². The molecule has 0 bridgehead atoms. The number of benzene rings is 1. The maximum atomic E-state index is 5.64. The van der Waals surface area contributed by atoms with Crippen LogP contribution in [-0.4, -0.2) is 13.2 Å². The molecule has 0 aliphatic heterocycles. The highest BCUT2D eigenvalue weighted by molar-refractivity contribution is 5.85. The monoisotopic (exact) mass is 243 g/mol. The Labute approximate surface area is 105 Å². The minimum absolute atomic E-state index is 0. The molecule has 0 fully saturated rings. The summed E-state index contributed by atoms with van der Waals surface area (Å²) in [6, 6.07) is 10.2. The summed E-state index contributed by atoms with van der Waals surface area (Å²) >= 11 is 0. The number of nitrogens with two attached hydrogens (primary N) is 1. The second kappa shape index (κ2) is 7.66. The van der Waals surface area contributed by atoms with Crippen LogP contribution in [-0.2, 0) is 11.3 Å². The molecule has 0 saturated heterocycles. The van der Waals surface area contributed by atoms with Gasteiger partial charge in [-0.25, -0.2) is 0 Å². The third-order valence-corrected chi connectivity index (χ3v) is 2.59. The molecule has 1 aromatic carbocycles. The molecule has 1 rings (SSSR count). The first-order valence-corrected chi connectivity index (χ1v) is 5.46. The molecular formula is C13H22ClNO. The lowest BCUT2D eigenvalue weighted by atomic mass is 9.90. The van der Waals surface area contributed by atoms with Crippen LogP contribution in [0.5, 0.6) is 0 Å². The Morgan fingerprint density at radius 3 is 2.38 bits per heavy atom. The van der Waals surface area contributed by atoms with Gasteiger partial charge in [0.05, 0.1) is 6.61 Å². The fourth-order valence-electron chi connectivity index (χ4n) is 1.21. The van der Waals surface area contributed by atoms with E-state index in [0.29, 0.717) is 13.2 Å². The molecule has 0 unspecified atom stereocenters. The highest BCUT2D eigenvalue weighted by Gasteiger charge is 2.14. The van der Waals surface area contributed by atoms with Gasteiger partial charge < -0.3 is 10.5 Å². The third-order valence-electron chi connectivity index (χ3n) is 2.59. The van der Waals surface area contributed by atoms with Crippen LogP contribution in [0.4, 0.5) is 0 Å². The highest BCUT2D eigenvalue weighted by atomic mass is 35.5. The molecule has 0 amide bonds. The molecule has 2 N–H and O–H groups in total. The average molecular weight is 244 g/mol. The highest BCUT2D eigenvalue weighted by Crippen LogP contribution is 2.17. The van der Waals surface area contributed by atoms with Crippen molar-refractivity contribution in [3.63, 3.8) is 0 Å². The smallest absolute Gasteiger partial charge is 0.0716 e. The average Bonchev–Trinajstić information content (AvgIpc) is 2.26. The Balaban J connectivity index is 0.00000225. The number of rotatable bonds is 6. The topological polar surface area (TPSA) is 35.2 Å².